The number of ether oxygens (including phenoxy) is 1. The number of para-hydroxylation sites is 3. The fourth-order valence-electron chi connectivity index (χ4n) is 5.28. The van der Waals surface area contributed by atoms with Gasteiger partial charge in [-0.2, -0.15) is 0 Å². The van der Waals surface area contributed by atoms with Gasteiger partial charge in [0.05, 0.1) is 7.11 Å². The van der Waals surface area contributed by atoms with Crippen molar-refractivity contribution in [2.24, 2.45) is 0 Å². The zero-order valence-electron chi connectivity index (χ0n) is 21.7. The first-order valence-corrected chi connectivity index (χ1v) is 14.8. The predicted molar refractivity (Wildman–Crippen MR) is 164 cm³/mol. The van der Waals surface area contributed by atoms with Gasteiger partial charge in [-0.15, -0.1) is 0 Å². The van der Waals surface area contributed by atoms with Crippen LogP contribution < -0.4 is 13.8 Å². The Kier molecular flexibility index (Phi) is 6.16. The van der Waals surface area contributed by atoms with Crippen LogP contribution in [0.25, 0.3) is 33.3 Å². The Bertz CT molecular complexity index is 1840. The van der Waals surface area contributed by atoms with E-state index >= 15 is 0 Å². The third-order valence-electron chi connectivity index (χ3n) is 7.18. The summed E-state index contributed by atoms with van der Waals surface area (Å²) < 4.78 is 7.60. The summed E-state index contributed by atoms with van der Waals surface area (Å²) in [4.78, 5) is 19.7. The zero-order valence-corrected chi connectivity index (χ0v) is 23.5. The molecule has 1 aliphatic heterocycles. The van der Waals surface area contributed by atoms with Gasteiger partial charge in [-0.05, 0) is 0 Å². The van der Waals surface area contributed by atoms with Crippen LogP contribution in [-0.4, -0.2) is 33.0 Å². The Balaban J connectivity index is 1.50. The monoisotopic (exact) mass is 584 g/mol. The number of esters is 1. The van der Waals surface area contributed by atoms with Gasteiger partial charge in [-0.3, -0.25) is 0 Å². The Labute approximate surface area is 239 Å². The molecule has 2 heterocycles. The first-order chi connectivity index (χ1) is 19.7. The molecular formula is C35H24N2O2Se. The van der Waals surface area contributed by atoms with Crippen molar-refractivity contribution in [3.05, 3.63) is 133 Å². The second-order valence-corrected chi connectivity index (χ2v) is 11.8. The molecule has 40 heavy (non-hydrogen) atoms. The number of hydrogen-bond donors (Lipinski definition) is 0. The number of anilines is 3. The number of benzene rings is 5. The summed E-state index contributed by atoms with van der Waals surface area (Å²) >= 11 is 0.226. The first-order valence-electron chi connectivity index (χ1n) is 13.1. The maximum atomic E-state index is 12.1. The molecule has 0 unspecified atom stereocenters. The van der Waals surface area contributed by atoms with E-state index in [-0.39, 0.29) is 20.9 Å². The van der Waals surface area contributed by atoms with Crippen molar-refractivity contribution in [3.63, 3.8) is 0 Å². The number of pyridine rings is 1. The van der Waals surface area contributed by atoms with Crippen molar-refractivity contribution in [2.75, 3.05) is 12.0 Å². The van der Waals surface area contributed by atoms with Crippen molar-refractivity contribution in [2.45, 2.75) is 0 Å². The van der Waals surface area contributed by atoms with Gasteiger partial charge in [0.25, 0.3) is 0 Å². The van der Waals surface area contributed by atoms with Gasteiger partial charge in [-0.1, -0.05) is 0 Å². The van der Waals surface area contributed by atoms with E-state index in [9.17, 15) is 4.79 Å². The van der Waals surface area contributed by atoms with Crippen molar-refractivity contribution < 1.29 is 9.53 Å². The van der Waals surface area contributed by atoms with Crippen LogP contribution in [0.1, 0.15) is 10.4 Å². The molecule has 0 spiro atoms. The van der Waals surface area contributed by atoms with Crippen molar-refractivity contribution in [1.29, 1.82) is 0 Å². The Morgan fingerprint density at radius 1 is 0.675 bits per heavy atom. The summed E-state index contributed by atoms with van der Waals surface area (Å²) in [5, 5.41) is 1.09. The molecule has 0 saturated heterocycles. The predicted octanol–water partition coefficient (Wildman–Crippen LogP) is 6.79. The van der Waals surface area contributed by atoms with Crippen LogP contribution >= 0.6 is 0 Å². The van der Waals surface area contributed by atoms with E-state index in [2.05, 4.69) is 102 Å². The second-order valence-electron chi connectivity index (χ2n) is 9.54. The van der Waals surface area contributed by atoms with E-state index in [0.717, 1.165) is 39.0 Å². The summed E-state index contributed by atoms with van der Waals surface area (Å²) in [6, 6.07) is 43.9. The topological polar surface area (TPSA) is 42.4 Å². The summed E-state index contributed by atoms with van der Waals surface area (Å²) in [7, 11) is 1.40. The molecule has 0 fully saturated rings. The number of nitrogens with zero attached hydrogens (tertiary/aromatic N) is 2. The average molecular weight is 584 g/mol. The van der Waals surface area contributed by atoms with Crippen molar-refractivity contribution >= 4 is 57.8 Å². The van der Waals surface area contributed by atoms with Crippen LogP contribution in [0.4, 0.5) is 17.1 Å². The number of carbonyl (C=O) groups excluding carboxylic acids is 1. The minimum absolute atomic E-state index is 0.226. The van der Waals surface area contributed by atoms with E-state index in [4.69, 9.17) is 9.72 Å². The first kappa shape index (κ1) is 24.3. The molecule has 5 aromatic carbocycles. The Morgan fingerprint density at radius 3 is 1.98 bits per heavy atom. The normalized spacial score (nSPS) is 12.1. The van der Waals surface area contributed by atoms with Crippen LogP contribution in [-0.2, 0) is 4.74 Å². The Morgan fingerprint density at radius 2 is 1.30 bits per heavy atom. The summed E-state index contributed by atoms with van der Waals surface area (Å²) in [5.41, 5.74) is 8.90. The van der Waals surface area contributed by atoms with Gasteiger partial charge in [0, 0.05) is 0 Å². The fourth-order valence-corrected chi connectivity index (χ4v) is 7.50. The quantitative estimate of drug-likeness (QED) is 0.169. The van der Waals surface area contributed by atoms with E-state index in [1.165, 1.54) is 27.4 Å². The van der Waals surface area contributed by atoms with Gasteiger partial charge >= 0.3 is 223 Å². The molecule has 0 aliphatic carbocycles. The number of aromatic nitrogens is 1. The van der Waals surface area contributed by atoms with Gasteiger partial charge in [-0.25, -0.2) is 4.79 Å². The molecule has 0 bridgehead atoms. The molecule has 1 aliphatic rings. The SMILES string of the molecule is COC(=O)c1ccc(-c2cc(-c3ccccc3)c3cccc(N4c5ccccc5[Se]c5ccccc54)c3n2)cc1. The second kappa shape index (κ2) is 10.1. The molecule has 5 heteroatoms. The van der Waals surface area contributed by atoms with Crippen LogP contribution in [0.3, 0.4) is 0 Å². The van der Waals surface area contributed by atoms with Crippen LogP contribution in [0.5, 0.6) is 0 Å². The molecule has 0 N–H and O–H groups in total. The molecule has 0 atom stereocenters. The molecule has 4 nitrogen and oxygen atoms in total. The van der Waals surface area contributed by atoms with Crippen LogP contribution in [0, 0.1) is 0 Å². The van der Waals surface area contributed by atoms with Gasteiger partial charge in [0.15, 0.2) is 0 Å². The standard InChI is InChI=1S/C35H24N2O2Se/c1-39-35(38)25-20-18-24(19-21-25)28-22-27(23-10-3-2-4-11-23)26-12-9-15-31(34(26)36-28)37-29-13-5-7-16-32(29)40-33-17-8-6-14-30(33)37/h2-22H,1H3. The van der Waals surface area contributed by atoms with Gasteiger partial charge < -0.3 is 4.74 Å². The minimum atomic E-state index is -0.352. The number of carbonyl (C=O) groups is 1. The number of fused-ring (bicyclic) bond motifs is 3. The van der Waals surface area contributed by atoms with Crippen LogP contribution in [0.15, 0.2) is 127 Å². The maximum absolute atomic E-state index is 12.1. The summed E-state index contributed by atoms with van der Waals surface area (Å²) in [5.74, 6) is -0.352. The zero-order chi connectivity index (χ0) is 27.1. The van der Waals surface area contributed by atoms with E-state index in [0.29, 0.717) is 5.56 Å². The third-order valence-corrected chi connectivity index (χ3v) is 9.55. The molecule has 0 amide bonds. The van der Waals surface area contributed by atoms with Crippen LogP contribution in [0.2, 0.25) is 0 Å². The molecule has 7 rings (SSSR count). The Hall–Kier alpha value is -4.70. The molecule has 0 saturated carbocycles. The molecule has 192 valence electrons. The van der Waals surface area contributed by atoms with Gasteiger partial charge in [0.1, 0.15) is 0 Å². The van der Waals surface area contributed by atoms with E-state index in [1.54, 1.807) is 12.1 Å². The van der Waals surface area contributed by atoms with Gasteiger partial charge in [0.2, 0.25) is 0 Å². The fraction of sp³-hybridized carbons (Fsp3) is 0.0286. The molecular weight excluding hydrogens is 559 g/mol. The van der Waals surface area contributed by atoms with Crippen molar-refractivity contribution in [3.8, 4) is 22.4 Å². The number of hydrogen-bond acceptors (Lipinski definition) is 4. The third kappa shape index (κ3) is 4.17. The number of methoxy groups -OCH3 is 1. The van der Waals surface area contributed by atoms with E-state index < -0.39 is 0 Å². The molecule has 6 aromatic rings. The molecule has 1 aromatic heterocycles. The number of rotatable bonds is 4. The summed E-state index contributed by atoms with van der Waals surface area (Å²) in [6.07, 6.45) is 0. The average Bonchev–Trinajstić information content (AvgIpc) is 3.03. The van der Waals surface area contributed by atoms with E-state index in [1.807, 2.05) is 18.2 Å². The van der Waals surface area contributed by atoms with Crippen molar-refractivity contribution in [1.82, 2.24) is 4.98 Å². The molecule has 0 radical (unpaired) electrons. The summed E-state index contributed by atoms with van der Waals surface area (Å²) in [6.45, 7) is 0.